The van der Waals surface area contributed by atoms with Gasteiger partial charge in [-0.25, -0.2) is 0 Å². The molecular formula is C16H24N2O3. The molecule has 2 rings (SSSR count). The third-order valence-electron chi connectivity index (χ3n) is 4.55. The Hall–Kier alpha value is -1.65. The highest BCUT2D eigenvalue weighted by molar-refractivity contribution is 6.05. The Morgan fingerprint density at radius 3 is 2.19 bits per heavy atom. The minimum Gasteiger partial charge on any atom is -0.353 e. The lowest BCUT2D eigenvalue weighted by molar-refractivity contribution is -0.140. The lowest BCUT2D eigenvalue weighted by Crippen LogP contribution is -2.39. The molecule has 0 aromatic heterocycles. The van der Waals surface area contributed by atoms with Crippen molar-refractivity contribution in [3.05, 3.63) is 12.2 Å². The molecule has 0 aromatic carbocycles. The van der Waals surface area contributed by atoms with Crippen molar-refractivity contribution in [3.63, 3.8) is 0 Å². The molecule has 1 fully saturated rings. The molecule has 0 saturated carbocycles. The van der Waals surface area contributed by atoms with E-state index in [1.165, 1.54) is 4.90 Å². The van der Waals surface area contributed by atoms with Gasteiger partial charge in [-0.1, -0.05) is 26.0 Å². The molecule has 3 atom stereocenters. The van der Waals surface area contributed by atoms with Crippen LogP contribution in [0.4, 0.5) is 0 Å². The van der Waals surface area contributed by atoms with E-state index in [4.69, 9.17) is 0 Å². The smallest absolute Gasteiger partial charge is 0.233 e. The van der Waals surface area contributed by atoms with Crippen LogP contribution in [0, 0.1) is 17.8 Å². The van der Waals surface area contributed by atoms with Crippen LogP contribution in [0.5, 0.6) is 0 Å². The maximum atomic E-state index is 12.2. The first-order valence-electron chi connectivity index (χ1n) is 7.71. The molecule has 5 heteroatoms. The fourth-order valence-corrected chi connectivity index (χ4v) is 2.80. The maximum Gasteiger partial charge on any atom is 0.233 e. The van der Waals surface area contributed by atoms with Crippen LogP contribution in [0.3, 0.4) is 0 Å². The maximum absolute atomic E-state index is 12.2. The number of carbonyl (C=O) groups excluding carboxylic acids is 3. The Balaban J connectivity index is 1.88. The van der Waals surface area contributed by atoms with Gasteiger partial charge in [-0.2, -0.15) is 0 Å². The van der Waals surface area contributed by atoms with Gasteiger partial charge < -0.3 is 5.32 Å². The first kappa shape index (κ1) is 15.7. The van der Waals surface area contributed by atoms with Gasteiger partial charge in [0, 0.05) is 19.0 Å². The second-order valence-corrected chi connectivity index (χ2v) is 6.33. The highest BCUT2D eigenvalue weighted by Crippen LogP contribution is 2.34. The van der Waals surface area contributed by atoms with Crippen LogP contribution in [0.15, 0.2) is 12.2 Å². The summed E-state index contributed by atoms with van der Waals surface area (Å²) in [5.41, 5.74) is 0. The minimum absolute atomic E-state index is 0.0919. The number of amides is 3. The van der Waals surface area contributed by atoms with Crippen LogP contribution in [0.25, 0.3) is 0 Å². The number of allylic oxidation sites excluding steroid dienone is 2. The van der Waals surface area contributed by atoms with E-state index in [0.29, 0.717) is 18.8 Å². The lowest BCUT2D eigenvalue weighted by Gasteiger charge is -2.19. The normalized spacial score (nSPS) is 26.2. The molecule has 1 N–H and O–H groups in total. The van der Waals surface area contributed by atoms with Gasteiger partial charge in [0.1, 0.15) is 0 Å². The summed E-state index contributed by atoms with van der Waals surface area (Å²) in [6.07, 6.45) is 5.39. The molecule has 2 aliphatic rings. The molecule has 21 heavy (non-hydrogen) atoms. The van der Waals surface area contributed by atoms with Crippen molar-refractivity contribution < 1.29 is 14.4 Å². The van der Waals surface area contributed by atoms with E-state index < -0.39 is 0 Å². The number of imide groups is 1. The molecule has 1 heterocycles. The third kappa shape index (κ3) is 3.34. The van der Waals surface area contributed by atoms with Gasteiger partial charge in [-0.15, -0.1) is 0 Å². The molecule has 1 saturated heterocycles. The summed E-state index contributed by atoms with van der Waals surface area (Å²) in [6.45, 7) is 6.22. The van der Waals surface area contributed by atoms with Crippen molar-refractivity contribution in [2.24, 2.45) is 17.8 Å². The summed E-state index contributed by atoms with van der Waals surface area (Å²) in [5.74, 6) is -0.388. The van der Waals surface area contributed by atoms with Crippen LogP contribution < -0.4 is 5.32 Å². The molecular weight excluding hydrogens is 268 g/mol. The van der Waals surface area contributed by atoms with Crippen molar-refractivity contribution in [2.45, 2.75) is 46.1 Å². The van der Waals surface area contributed by atoms with Crippen LogP contribution in [0.2, 0.25) is 0 Å². The average Bonchev–Trinajstić information content (AvgIpc) is 2.69. The summed E-state index contributed by atoms with van der Waals surface area (Å²) >= 11 is 0. The van der Waals surface area contributed by atoms with Gasteiger partial charge in [-0.05, 0) is 25.7 Å². The molecule has 0 unspecified atom stereocenters. The number of hydrogen-bond acceptors (Lipinski definition) is 3. The first-order valence-corrected chi connectivity index (χ1v) is 7.71. The SMILES string of the molecule is CC(C)[C@@H](C)NC(=O)CCN1C(=O)[C@H]2CC=CC[C@H]2C1=O. The predicted octanol–water partition coefficient (Wildman–Crippen LogP) is 1.49. The minimum atomic E-state index is -0.208. The molecule has 0 radical (unpaired) electrons. The summed E-state index contributed by atoms with van der Waals surface area (Å²) < 4.78 is 0. The van der Waals surface area contributed by atoms with Gasteiger partial charge in [0.15, 0.2) is 0 Å². The Kier molecular flexibility index (Phi) is 4.80. The second kappa shape index (κ2) is 6.41. The topological polar surface area (TPSA) is 66.5 Å². The number of nitrogens with one attached hydrogen (secondary N) is 1. The first-order chi connectivity index (χ1) is 9.91. The van der Waals surface area contributed by atoms with Crippen LogP contribution >= 0.6 is 0 Å². The summed E-state index contributed by atoms with van der Waals surface area (Å²) in [7, 11) is 0. The van der Waals surface area contributed by atoms with Crippen molar-refractivity contribution >= 4 is 17.7 Å². The zero-order valence-electron chi connectivity index (χ0n) is 13.0. The Labute approximate surface area is 125 Å². The van der Waals surface area contributed by atoms with E-state index in [1.54, 1.807) is 0 Å². The van der Waals surface area contributed by atoms with Gasteiger partial charge in [0.05, 0.1) is 11.8 Å². The molecule has 1 aliphatic carbocycles. The van der Waals surface area contributed by atoms with Crippen molar-refractivity contribution in [3.8, 4) is 0 Å². The van der Waals surface area contributed by atoms with E-state index >= 15 is 0 Å². The van der Waals surface area contributed by atoms with Crippen molar-refractivity contribution in [1.82, 2.24) is 10.2 Å². The lowest BCUT2D eigenvalue weighted by atomic mass is 9.85. The van der Waals surface area contributed by atoms with Crippen LogP contribution in [0.1, 0.15) is 40.0 Å². The van der Waals surface area contributed by atoms with Crippen LogP contribution in [-0.2, 0) is 14.4 Å². The van der Waals surface area contributed by atoms with Gasteiger partial charge in [0.25, 0.3) is 0 Å². The fraction of sp³-hybridized carbons (Fsp3) is 0.688. The third-order valence-corrected chi connectivity index (χ3v) is 4.55. The fourth-order valence-electron chi connectivity index (χ4n) is 2.80. The predicted molar refractivity (Wildman–Crippen MR) is 79.1 cm³/mol. The highest BCUT2D eigenvalue weighted by atomic mass is 16.2. The van der Waals surface area contributed by atoms with E-state index in [2.05, 4.69) is 5.32 Å². The van der Waals surface area contributed by atoms with Crippen LogP contribution in [-0.4, -0.2) is 35.2 Å². The zero-order chi connectivity index (χ0) is 15.6. The molecule has 3 amide bonds. The molecule has 0 bridgehead atoms. The zero-order valence-corrected chi connectivity index (χ0v) is 13.0. The summed E-state index contributed by atoms with van der Waals surface area (Å²) in [5, 5.41) is 2.90. The summed E-state index contributed by atoms with van der Waals surface area (Å²) in [6, 6.07) is 0.0919. The van der Waals surface area contributed by atoms with E-state index in [-0.39, 0.29) is 48.6 Å². The number of carbonyl (C=O) groups is 3. The Morgan fingerprint density at radius 1 is 1.19 bits per heavy atom. The van der Waals surface area contributed by atoms with E-state index in [0.717, 1.165) is 0 Å². The van der Waals surface area contributed by atoms with Gasteiger partial charge in [-0.3, -0.25) is 19.3 Å². The standard InChI is InChI=1S/C16H24N2O3/c1-10(2)11(3)17-14(19)8-9-18-15(20)12-6-4-5-7-13(12)16(18)21/h4-5,10-13H,6-9H2,1-3H3,(H,17,19)/t11-,12-,13+/m1/s1. The molecule has 116 valence electrons. The second-order valence-electron chi connectivity index (χ2n) is 6.33. The van der Waals surface area contributed by atoms with Gasteiger partial charge >= 0.3 is 0 Å². The Bertz CT molecular complexity index is 444. The highest BCUT2D eigenvalue weighted by Gasteiger charge is 2.46. The quantitative estimate of drug-likeness (QED) is 0.616. The number of nitrogens with zero attached hydrogens (tertiary/aromatic N) is 1. The summed E-state index contributed by atoms with van der Waals surface area (Å²) in [4.78, 5) is 37.6. The molecule has 5 nitrogen and oxygen atoms in total. The Morgan fingerprint density at radius 2 is 1.71 bits per heavy atom. The van der Waals surface area contributed by atoms with E-state index in [1.807, 2.05) is 32.9 Å². The number of hydrogen-bond donors (Lipinski definition) is 1. The van der Waals surface area contributed by atoms with Gasteiger partial charge in [0.2, 0.25) is 17.7 Å². The number of likely N-dealkylation sites (tertiary alicyclic amines) is 1. The monoisotopic (exact) mass is 292 g/mol. The average molecular weight is 292 g/mol. The van der Waals surface area contributed by atoms with Crippen molar-refractivity contribution in [2.75, 3.05) is 6.54 Å². The molecule has 0 aromatic rings. The van der Waals surface area contributed by atoms with Crippen molar-refractivity contribution in [1.29, 1.82) is 0 Å². The number of fused-ring (bicyclic) bond motifs is 1. The molecule has 0 spiro atoms. The number of rotatable bonds is 5. The largest absolute Gasteiger partial charge is 0.353 e. The van der Waals surface area contributed by atoms with E-state index in [9.17, 15) is 14.4 Å². The molecule has 1 aliphatic heterocycles.